The van der Waals surface area contributed by atoms with Gasteiger partial charge in [0.05, 0.1) is 0 Å². The van der Waals surface area contributed by atoms with Crippen LogP contribution >= 0.6 is 11.3 Å². The highest BCUT2D eigenvalue weighted by molar-refractivity contribution is 7.17. The predicted octanol–water partition coefficient (Wildman–Crippen LogP) is 4.07. The monoisotopic (exact) mass is 251 g/mol. The van der Waals surface area contributed by atoms with E-state index in [1.165, 1.54) is 0 Å². The minimum Gasteiger partial charge on any atom is -0.327 e. The van der Waals surface area contributed by atoms with Crippen LogP contribution in [0, 0.1) is 5.41 Å². The molecule has 0 fully saturated rings. The molecule has 0 amide bonds. The molecule has 2 aromatic rings. The molecular formula is C14H18FNS. The standard InChI is InChI=1S/C14H18FNS/c1-13(2,3)14(15,9-16)11-6-4-5-10-7-8-17-12(10)11/h4-8H,9,16H2,1-3H3. The lowest BCUT2D eigenvalue weighted by Gasteiger charge is -2.37. The first-order chi connectivity index (χ1) is 7.90. The molecule has 1 nitrogen and oxygen atoms in total. The summed E-state index contributed by atoms with van der Waals surface area (Å²) >= 11 is 1.58. The van der Waals surface area contributed by atoms with E-state index in [0.29, 0.717) is 0 Å². The fourth-order valence-corrected chi connectivity index (χ4v) is 3.10. The summed E-state index contributed by atoms with van der Waals surface area (Å²) in [5.74, 6) is 0. The Morgan fingerprint density at radius 3 is 2.53 bits per heavy atom. The molecule has 0 saturated carbocycles. The molecule has 92 valence electrons. The van der Waals surface area contributed by atoms with E-state index in [1.807, 2.05) is 50.4 Å². The van der Waals surface area contributed by atoms with Crippen molar-refractivity contribution in [2.24, 2.45) is 11.1 Å². The topological polar surface area (TPSA) is 26.0 Å². The van der Waals surface area contributed by atoms with Gasteiger partial charge in [0.15, 0.2) is 5.67 Å². The van der Waals surface area contributed by atoms with E-state index in [1.54, 1.807) is 11.3 Å². The minimum absolute atomic E-state index is 0.00745. The molecule has 1 atom stereocenters. The Morgan fingerprint density at radius 2 is 1.94 bits per heavy atom. The number of nitrogens with two attached hydrogens (primary N) is 1. The van der Waals surface area contributed by atoms with Crippen LogP contribution in [0.15, 0.2) is 29.6 Å². The van der Waals surface area contributed by atoms with Gasteiger partial charge >= 0.3 is 0 Å². The number of halogens is 1. The van der Waals surface area contributed by atoms with Gasteiger partial charge in [-0.15, -0.1) is 11.3 Å². The summed E-state index contributed by atoms with van der Waals surface area (Å²) in [6.07, 6.45) is 0. The molecule has 2 rings (SSSR count). The van der Waals surface area contributed by atoms with E-state index in [4.69, 9.17) is 5.73 Å². The van der Waals surface area contributed by atoms with Crippen LogP contribution < -0.4 is 5.73 Å². The first-order valence-electron chi connectivity index (χ1n) is 5.76. The zero-order valence-corrected chi connectivity index (χ0v) is 11.3. The highest BCUT2D eigenvalue weighted by Crippen LogP contribution is 2.45. The van der Waals surface area contributed by atoms with Gasteiger partial charge in [0.2, 0.25) is 0 Å². The van der Waals surface area contributed by atoms with Crippen molar-refractivity contribution in [2.75, 3.05) is 6.54 Å². The second-order valence-corrected chi connectivity index (χ2v) is 6.32. The minimum atomic E-state index is -1.49. The summed E-state index contributed by atoms with van der Waals surface area (Å²) in [5, 5.41) is 3.08. The average Bonchev–Trinajstić information content (AvgIpc) is 2.73. The first-order valence-corrected chi connectivity index (χ1v) is 6.64. The van der Waals surface area contributed by atoms with Crippen molar-refractivity contribution in [1.29, 1.82) is 0 Å². The summed E-state index contributed by atoms with van der Waals surface area (Å²) in [7, 11) is 0. The molecule has 17 heavy (non-hydrogen) atoms. The maximum Gasteiger partial charge on any atom is 0.154 e. The zero-order valence-electron chi connectivity index (χ0n) is 10.5. The number of fused-ring (bicyclic) bond motifs is 1. The average molecular weight is 251 g/mol. The summed E-state index contributed by atoms with van der Waals surface area (Å²) in [6.45, 7) is 5.69. The third-order valence-corrected chi connectivity index (χ3v) is 4.34. The summed E-state index contributed by atoms with van der Waals surface area (Å²) in [5.41, 5.74) is 4.43. The van der Waals surface area contributed by atoms with E-state index in [0.717, 1.165) is 15.6 Å². The second kappa shape index (κ2) is 4.07. The maximum absolute atomic E-state index is 15.2. The van der Waals surface area contributed by atoms with E-state index in [2.05, 4.69) is 0 Å². The smallest absolute Gasteiger partial charge is 0.154 e. The second-order valence-electron chi connectivity index (χ2n) is 5.40. The van der Waals surface area contributed by atoms with E-state index in [9.17, 15) is 0 Å². The Morgan fingerprint density at radius 1 is 1.24 bits per heavy atom. The van der Waals surface area contributed by atoms with Gasteiger partial charge in [0.25, 0.3) is 0 Å². The molecule has 0 aliphatic rings. The number of alkyl halides is 1. The molecule has 0 aliphatic heterocycles. The Hall–Kier alpha value is -0.930. The van der Waals surface area contributed by atoms with Crippen molar-refractivity contribution in [3.63, 3.8) is 0 Å². The molecule has 0 aliphatic carbocycles. The van der Waals surface area contributed by atoms with Crippen molar-refractivity contribution >= 4 is 21.4 Å². The van der Waals surface area contributed by atoms with Crippen molar-refractivity contribution in [2.45, 2.75) is 26.4 Å². The van der Waals surface area contributed by atoms with Crippen LogP contribution in [0.25, 0.3) is 10.1 Å². The van der Waals surface area contributed by atoms with Crippen molar-refractivity contribution in [3.05, 3.63) is 35.2 Å². The van der Waals surface area contributed by atoms with Crippen molar-refractivity contribution in [3.8, 4) is 0 Å². The SMILES string of the molecule is CC(C)(C)C(F)(CN)c1cccc2ccsc12. The Kier molecular flexibility index (Phi) is 3.00. The Balaban J connectivity index is 2.70. The van der Waals surface area contributed by atoms with Crippen LogP contribution in [-0.4, -0.2) is 6.54 Å². The number of thiophene rings is 1. The summed E-state index contributed by atoms with van der Waals surface area (Å²) < 4.78 is 16.3. The molecule has 0 spiro atoms. The van der Waals surface area contributed by atoms with Crippen LogP contribution in [0.2, 0.25) is 0 Å². The van der Waals surface area contributed by atoms with E-state index < -0.39 is 11.1 Å². The quantitative estimate of drug-likeness (QED) is 0.855. The van der Waals surface area contributed by atoms with Gasteiger partial charge < -0.3 is 5.73 Å². The summed E-state index contributed by atoms with van der Waals surface area (Å²) in [4.78, 5) is 0. The van der Waals surface area contributed by atoms with Crippen LogP contribution in [0.5, 0.6) is 0 Å². The largest absolute Gasteiger partial charge is 0.327 e. The third kappa shape index (κ3) is 1.87. The summed E-state index contributed by atoms with van der Waals surface area (Å²) in [6, 6.07) is 7.79. The van der Waals surface area contributed by atoms with Crippen molar-refractivity contribution < 1.29 is 4.39 Å². The van der Waals surface area contributed by atoms with Crippen LogP contribution in [-0.2, 0) is 5.67 Å². The van der Waals surface area contributed by atoms with Gasteiger partial charge in [-0.2, -0.15) is 0 Å². The molecular weight excluding hydrogens is 233 g/mol. The van der Waals surface area contributed by atoms with Gasteiger partial charge in [-0.25, -0.2) is 4.39 Å². The molecule has 0 radical (unpaired) electrons. The maximum atomic E-state index is 15.2. The highest BCUT2D eigenvalue weighted by atomic mass is 32.1. The third-order valence-electron chi connectivity index (χ3n) is 3.38. The first kappa shape index (κ1) is 12.5. The number of hydrogen-bond acceptors (Lipinski definition) is 2. The zero-order chi connectivity index (χ0) is 12.7. The molecule has 1 aromatic heterocycles. The number of rotatable bonds is 2. The van der Waals surface area contributed by atoms with Gasteiger partial charge in [-0.05, 0) is 16.8 Å². The molecule has 1 heterocycles. The van der Waals surface area contributed by atoms with E-state index in [-0.39, 0.29) is 6.54 Å². The lowest BCUT2D eigenvalue weighted by atomic mass is 9.73. The highest BCUT2D eigenvalue weighted by Gasteiger charge is 2.44. The van der Waals surface area contributed by atoms with Crippen LogP contribution in [0.4, 0.5) is 4.39 Å². The van der Waals surface area contributed by atoms with Gasteiger partial charge in [-0.3, -0.25) is 0 Å². The molecule has 0 bridgehead atoms. The van der Waals surface area contributed by atoms with Gasteiger partial charge in [0, 0.05) is 22.2 Å². The van der Waals surface area contributed by atoms with Gasteiger partial charge in [-0.1, -0.05) is 39.0 Å². The van der Waals surface area contributed by atoms with Crippen LogP contribution in [0.1, 0.15) is 26.3 Å². The Labute approximate surface area is 105 Å². The number of benzene rings is 1. The molecule has 1 aromatic carbocycles. The molecule has 2 N–H and O–H groups in total. The fourth-order valence-electron chi connectivity index (χ4n) is 2.13. The lowest BCUT2D eigenvalue weighted by Crippen LogP contribution is -2.42. The lowest BCUT2D eigenvalue weighted by molar-refractivity contribution is 0.0359. The van der Waals surface area contributed by atoms with Crippen LogP contribution in [0.3, 0.4) is 0 Å². The fraction of sp³-hybridized carbons (Fsp3) is 0.429. The van der Waals surface area contributed by atoms with Gasteiger partial charge in [0.1, 0.15) is 0 Å². The molecule has 0 saturated heterocycles. The number of hydrogen-bond donors (Lipinski definition) is 1. The predicted molar refractivity (Wildman–Crippen MR) is 73.1 cm³/mol. The van der Waals surface area contributed by atoms with E-state index >= 15 is 4.39 Å². The molecule has 3 heteroatoms. The van der Waals surface area contributed by atoms with Crippen molar-refractivity contribution in [1.82, 2.24) is 0 Å². The Bertz CT molecular complexity index is 526. The molecule has 1 unspecified atom stereocenters. The normalized spacial score (nSPS) is 16.1.